The van der Waals surface area contributed by atoms with Crippen LogP contribution in [-0.4, -0.2) is 18.4 Å². The van der Waals surface area contributed by atoms with E-state index in [1.807, 2.05) is 0 Å². The monoisotopic (exact) mass is 266 g/mol. The molecule has 0 saturated carbocycles. The Morgan fingerprint density at radius 2 is 1.79 bits per heavy atom. The summed E-state index contributed by atoms with van der Waals surface area (Å²) in [5, 5.41) is 5.21. The Balaban J connectivity index is 2.30. The SMILES string of the molecule is CC(C)CCNC(=O)CC(=O)Nc1ccc(F)cc1. The number of carbonyl (C=O) groups excluding carboxylic acids is 2. The quantitative estimate of drug-likeness (QED) is 0.776. The largest absolute Gasteiger partial charge is 0.356 e. The third-order valence-corrected chi connectivity index (χ3v) is 2.49. The van der Waals surface area contributed by atoms with E-state index in [0.717, 1.165) is 6.42 Å². The summed E-state index contributed by atoms with van der Waals surface area (Å²) in [6, 6.07) is 5.39. The maximum absolute atomic E-state index is 12.7. The number of anilines is 1. The lowest BCUT2D eigenvalue weighted by atomic mass is 10.1. The maximum Gasteiger partial charge on any atom is 0.233 e. The van der Waals surface area contributed by atoms with Crippen molar-refractivity contribution in [3.8, 4) is 0 Å². The van der Waals surface area contributed by atoms with Gasteiger partial charge in [0.25, 0.3) is 0 Å². The molecule has 0 radical (unpaired) electrons. The van der Waals surface area contributed by atoms with Crippen LogP contribution >= 0.6 is 0 Å². The average Bonchev–Trinajstić information content (AvgIpc) is 2.31. The molecule has 0 aliphatic heterocycles. The molecule has 5 heteroatoms. The average molecular weight is 266 g/mol. The van der Waals surface area contributed by atoms with E-state index in [1.54, 1.807) is 0 Å². The summed E-state index contributed by atoms with van der Waals surface area (Å²) in [6.07, 6.45) is 0.654. The third-order valence-electron chi connectivity index (χ3n) is 2.49. The molecule has 0 aliphatic carbocycles. The van der Waals surface area contributed by atoms with Crippen molar-refractivity contribution in [3.63, 3.8) is 0 Å². The van der Waals surface area contributed by atoms with Gasteiger partial charge in [-0.1, -0.05) is 13.8 Å². The Kier molecular flexibility index (Phi) is 5.99. The fourth-order valence-electron chi connectivity index (χ4n) is 1.45. The summed E-state index contributed by atoms with van der Waals surface area (Å²) in [4.78, 5) is 23.0. The van der Waals surface area contributed by atoms with Gasteiger partial charge in [0, 0.05) is 12.2 Å². The van der Waals surface area contributed by atoms with Crippen molar-refractivity contribution in [2.45, 2.75) is 26.7 Å². The highest BCUT2D eigenvalue weighted by Gasteiger charge is 2.09. The zero-order valence-corrected chi connectivity index (χ0v) is 11.2. The minimum absolute atomic E-state index is 0.227. The predicted octanol–water partition coefficient (Wildman–Crippen LogP) is 2.32. The van der Waals surface area contributed by atoms with Crippen LogP contribution in [0.15, 0.2) is 24.3 Å². The summed E-state index contributed by atoms with van der Waals surface area (Å²) in [5.74, 6) is -0.577. The standard InChI is InChI=1S/C14H19FN2O2/c1-10(2)7-8-16-13(18)9-14(19)17-12-5-3-11(15)4-6-12/h3-6,10H,7-9H2,1-2H3,(H,16,18)(H,17,19). The van der Waals surface area contributed by atoms with Crippen LogP contribution in [0.1, 0.15) is 26.7 Å². The van der Waals surface area contributed by atoms with Gasteiger partial charge in [-0.25, -0.2) is 4.39 Å². The second-order valence-electron chi connectivity index (χ2n) is 4.76. The molecule has 1 rings (SSSR count). The molecule has 0 fully saturated rings. The lowest BCUT2D eigenvalue weighted by Gasteiger charge is -2.07. The van der Waals surface area contributed by atoms with Crippen LogP contribution in [0.5, 0.6) is 0 Å². The predicted molar refractivity (Wildman–Crippen MR) is 72.1 cm³/mol. The van der Waals surface area contributed by atoms with Crippen LogP contribution in [0.3, 0.4) is 0 Å². The van der Waals surface area contributed by atoms with Crippen LogP contribution in [-0.2, 0) is 9.59 Å². The van der Waals surface area contributed by atoms with E-state index in [-0.39, 0.29) is 18.1 Å². The van der Waals surface area contributed by atoms with E-state index >= 15 is 0 Å². The number of nitrogens with one attached hydrogen (secondary N) is 2. The first-order chi connectivity index (χ1) is 8.97. The van der Waals surface area contributed by atoms with Crippen LogP contribution < -0.4 is 10.6 Å². The molecular formula is C14H19FN2O2. The van der Waals surface area contributed by atoms with Gasteiger partial charge in [-0.3, -0.25) is 9.59 Å². The van der Waals surface area contributed by atoms with E-state index in [0.29, 0.717) is 18.2 Å². The highest BCUT2D eigenvalue weighted by atomic mass is 19.1. The zero-order valence-electron chi connectivity index (χ0n) is 11.2. The molecule has 0 atom stereocenters. The molecule has 1 aromatic rings. The number of benzene rings is 1. The number of halogens is 1. The maximum atomic E-state index is 12.7. The number of rotatable bonds is 6. The summed E-state index contributed by atoms with van der Waals surface area (Å²) in [7, 11) is 0. The lowest BCUT2D eigenvalue weighted by Crippen LogP contribution is -2.29. The van der Waals surface area contributed by atoms with Gasteiger partial charge in [0.1, 0.15) is 12.2 Å². The van der Waals surface area contributed by atoms with E-state index in [4.69, 9.17) is 0 Å². The van der Waals surface area contributed by atoms with E-state index in [1.165, 1.54) is 24.3 Å². The summed E-state index contributed by atoms with van der Waals surface area (Å²) in [6.45, 7) is 4.70. The topological polar surface area (TPSA) is 58.2 Å². The van der Waals surface area contributed by atoms with Gasteiger partial charge in [-0.05, 0) is 36.6 Å². The Bertz CT molecular complexity index is 430. The Morgan fingerprint density at radius 1 is 1.16 bits per heavy atom. The molecule has 0 unspecified atom stereocenters. The van der Waals surface area contributed by atoms with Gasteiger partial charge in [-0.2, -0.15) is 0 Å². The number of hydrogen-bond donors (Lipinski definition) is 2. The van der Waals surface area contributed by atoms with Gasteiger partial charge in [0.2, 0.25) is 11.8 Å². The van der Waals surface area contributed by atoms with Crippen molar-refractivity contribution in [2.24, 2.45) is 5.92 Å². The number of hydrogen-bond acceptors (Lipinski definition) is 2. The van der Waals surface area contributed by atoms with Crippen LogP contribution in [0.4, 0.5) is 10.1 Å². The molecule has 0 saturated heterocycles. The first-order valence-corrected chi connectivity index (χ1v) is 6.29. The molecule has 0 bridgehead atoms. The smallest absolute Gasteiger partial charge is 0.233 e. The molecule has 19 heavy (non-hydrogen) atoms. The summed E-state index contributed by atoms with van der Waals surface area (Å²) >= 11 is 0. The Labute approximate surface area is 112 Å². The van der Waals surface area contributed by atoms with Crippen molar-refractivity contribution in [1.29, 1.82) is 0 Å². The first-order valence-electron chi connectivity index (χ1n) is 6.29. The highest BCUT2D eigenvalue weighted by molar-refractivity contribution is 6.03. The molecule has 0 aliphatic rings. The molecule has 0 spiro atoms. The fourth-order valence-corrected chi connectivity index (χ4v) is 1.45. The Hall–Kier alpha value is -1.91. The van der Waals surface area contributed by atoms with Crippen LogP contribution in [0.2, 0.25) is 0 Å². The fraction of sp³-hybridized carbons (Fsp3) is 0.429. The lowest BCUT2D eigenvalue weighted by molar-refractivity contribution is -0.126. The third kappa shape index (κ3) is 6.55. The van der Waals surface area contributed by atoms with E-state index in [2.05, 4.69) is 24.5 Å². The molecular weight excluding hydrogens is 247 g/mol. The molecule has 0 aromatic heterocycles. The summed E-state index contributed by atoms with van der Waals surface area (Å²) in [5.41, 5.74) is 0.474. The van der Waals surface area contributed by atoms with Gasteiger partial charge < -0.3 is 10.6 Å². The molecule has 2 N–H and O–H groups in total. The number of amides is 2. The number of carbonyl (C=O) groups is 2. The normalized spacial score (nSPS) is 10.3. The Morgan fingerprint density at radius 3 is 2.37 bits per heavy atom. The van der Waals surface area contributed by atoms with Crippen molar-refractivity contribution in [3.05, 3.63) is 30.1 Å². The van der Waals surface area contributed by atoms with Crippen LogP contribution in [0.25, 0.3) is 0 Å². The molecule has 1 aromatic carbocycles. The molecule has 104 valence electrons. The molecule has 4 nitrogen and oxygen atoms in total. The first kappa shape index (κ1) is 15.1. The van der Waals surface area contributed by atoms with Gasteiger partial charge in [0.05, 0.1) is 0 Å². The second-order valence-corrected chi connectivity index (χ2v) is 4.76. The highest BCUT2D eigenvalue weighted by Crippen LogP contribution is 2.08. The van der Waals surface area contributed by atoms with Gasteiger partial charge >= 0.3 is 0 Å². The van der Waals surface area contributed by atoms with Crippen molar-refractivity contribution >= 4 is 17.5 Å². The van der Waals surface area contributed by atoms with Crippen molar-refractivity contribution in [1.82, 2.24) is 5.32 Å². The van der Waals surface area contributed by atoms with Crippen LogP contribution in [0, 0.1) is 11.7 Å². The van der Waals surface area contributed by atoms with Gasteiger partial charge in [-0.15, -0.1) is 0 Å². The molecule has 2 amide bonds. The van der Waals surface area contributed by atoms with Gasteiger partial charge in [0.15, 0.2) is 0 Å². The minimum Gasteiger partial charge on any atom is -0.356 e. The minimum atomic E-state index is -0.409. The van der Waals surface area contributed by atoms with E-state index in [9.17, 15) is 14.0 Å². The zero-order chi connectivity index (χ0) is 14.3. The molecule has 0 heterocycles. The summed E-state index contributed by atoms with van der Waals surface area (Å²) < 4.78 is 12.7. The van der Waals surface area contributed by atoms with Crippen molar-refractivity contribution < 1.29 is 14.0 Å². The van der Waals surface area contributed by atoms with E-state index < -0.39 is 5.91 Å². The second kappa shape index (κ2) is 7.51. The van der Waals surface area contributed by atoms with Crippen molar-refractivity contribution in [2.75, 3.05) is 11.9 Å².